The number of benzene rings is 1. The molecule has 6 nitrogen and oxygen atoms in total. The monoisotopic (exact) mass is 329 g/mol. The van der Waals surface area contributed by atoms with E-state index in [4.69, 9.17) is 9.15 Å². The molecule has 0 unspecified atom stereocenters. The lowest BCUT2D eigenvalue weighted by atomic mass is 10.2. The van der Waals surface area contributed by atoms with Crippen molar-refractivity contribution in [2.24, 2.45) is 0 Å². The minimum atomic E-state index is -0.143. The van der Waals surface area contributed by atoms with E-state index in [0.717, 1.165) is 29.8 Å². The zero-order valence-corrected chi connectivity index (χ0v) is 14.1. The molecule has 1 aliphatic rings. The SMILES string of the molecule is COc1ccc(-c2nc(CNC(=O)NC3CCCC3)c(C)o2)cc1. The highest BCUT2D eigenvalue weighted by Gasteiger charge is 2.17. The van der Waals surface area contributed by atoms with Crippen molar-refractivity contribution in [3.63, 3.8) is 0 Å². The van der Waals surface area contributed by atoms with Gasteiger partial charge in [-0.1, -0.05) is 12.8 Å². The summed E-state index contributed by atoms with van der Waals surface area (Å²) in [5.41, 5.74) is 1.61. The van der Waals surface area contributed by atoms with E-state index in [0.29, 0.717) is 24.2 Å². The van der Waals surface area contributed by atoms with Crippen LogP contribution in [-0.4, -0.2) is 24.2 Å². The average molecular weight is 329 g/mol. The summed E-state index contributed by atoms with van der Waals surface area (Å²) in [4.78, 5) is 16.4. The first kappa shape index (κ1) is 16.4. The molecule has 3 rings (SSSR count). The first-order valence-corrected chi connectivity index (χ1v) is 8.31. The van der Waals surface area contributed by atoms with Gasteiger partial charge in [-0.2, -0.15) is 0 Å². The van der Waals surface area contributed by atoms with Crippen molar-refractivity contribution in [3.05, 3.63) is 35.7 Å². The number of methoxy groups -OCH3 is 1. The van der Waals surface area contributed by atoms with Gasteiger partial charge in [-0.15, -0.1) is 0 Å². The van der Waals surface area contributed by atoms with Gasteiger partial charge in [0, 0.05) is 11.6 Å². The van der Waals surface area contributed by atoms with E-state index in [2.05, 4.69) is 15.6 Å². The maximum absolute atomic E-state index is 11.9. The Labute approximate surface area is 141 Å². The second kappa shape index (κ2) is 7.38. The zero-order valence-electron chi connectivity index (χ0n) is 14.1. The highest BCUT2D eigenvalue weighted by Crippen LogP contribution is 2.24. The van der Waals surface area contributed by atoms with E-state index in [1.165, 1.54) is 12.8 Å². The van der Waals surface area contributed by atoms with Gasteiger partial charge in [0.25, 0.3) is 0 Å². The van der Waals surface area contributed by atoms with Gasteiger partial charge in [0.05, 0.1) is 13.7 Å². The molecule has 0 radical (unpaired) electrons. The maximum atomic E-state index is 11.9. The molecule has 2 N–H and O–H groups in total. The number of aromatic nitrogens is 1. The van der Waals surface area contributed by atoms with Crippen LogP contribution in [0.15, 0.2) is 28.7 Å². The summed E-state index contributed by atoms with van der Waals surface area (Å²) in [7, 11) is 1.63. The van der Waals surface area contributed by atoms with Gasteiger partial charge in [0.1, 0.15) is 17.2 Å². The van der Waals surface area contributed by atoms with Crippen LogP contribution in [0.5, 0.6) is 5.75 Å². The Morgan fingerprint density at radius 3 is 2.67 bits per heavy atom. The second-order valence-electron chi connectivity index (χ2n) is 6.06. The van der Waals surface area contributed by atoms with Crippen LogP contribution in [0.25, 0.3) is 11.5 Å². The Kier molecular flexibility index (Phi) is 5.03. The molecule has 1 heterocycles. The largest absolute Gasteiger partial charge is 0.497 e. The third-order valence-electron chi connectivity index (χ3n) is 4.34. The van der Waals surface area contributed by atoms with Gasteiger partial charge in [-0.25, -0.2) is 9.78 Å². The van der Waals surface area contributed by atoms with Crippen LogP contribution in [0.4, 0.5) is 4.79 Å². The zero-order chi connectivity index (χ0) is 16.9. The van der Waals surface area contributed by atoms with Crippen LogP contribution >= 0.6 is 0 Å². The number of amides is 2. The lowest BCUT2D eigenvalue weighted by molar-refractivity contribution is 0.236. The van der Waals surface area contributed by atoms with Crippen molar-refractivity contribution in [3.8, 4) is 17.2 Å². The fourth-order valence-electron chi connectivity index (χ4n) is 2.92. The highest BCUT2D eigenvalue weighted by molar-refractivity contribution is 5.74. The number of oxazole rings is 1. The minimum absolute atomic E-state index is 0.143. The summed E-state index contributed by atoms with van der Waals surface area (Å²) in [6, 6.07) is 7.68. The van der Waals surface area contributed by atoms with Crippen LogP contribution < -0.4 is 15.4 Å². The van der Waals surface area contributed by atoms with Crippen LogP contribution in [0.1, 0.15) is 37.1 Å². The smallest absolute Gasteiger partial charge is 0.315 e. The number of urea groups is 1. The quantitative estimate of drug-likeness (QED) is 0.881. The number of nitrogens with zero attached hydrogens (tertiary/aromatic N) is 1. The minimum Gasteiger partial charge on any atom is -0.497 e. The number of aryl methyl sites for hydroxylation is 1. The number of rotatable bonds is 5. The molecule has 6 heteroatoms. The topological polar surface area (TPSA) is 76.4 Å². The van der Waals surface area contributed by atoms with Gasteiger partial charge in [-0.05, 0) is 44.0 Å². The normalized spacial score (nSPS) is 14.6. The van der Waals surface area contributed by atoms with Gasteiger partial charge >= 0.3 is 6.03 Å². The van der Waals surface area contributed by atoms with E-state index in [1.807, 2.05) is 31.2 Å². The number of nitrogens with one attached hydrogen (secondary N) is 2. The Morgan fingerprint density at radius 1 is 1.29 bits per heavy atom. The molecule has 0 saturated heterocycles. The third-order valence-corrected chi connectivity index (χ3v) is 4.34. The first-order valence-electron chi connectivity index (χ1n) is 8.31. The van der Waals surface area contributed by atoms with Crippen molar-refractivity contribution in [2.75, 3.05) is 7.11 Å². The predicted octanol–water partition coefficient (Wildman–Crippen LogP) is 3.40. The molecule has 1 saturated carbocycles. The molecule has 2 aromatic rings. The number of hydrogen-bond acceptors (Lipinski definition) is 4. The van der Waals surface area contributed by atoms with Crippen LogP contribution in [0.2, 0.25) is 0 Å². The lowest BCUT2D eigenvalue weighted by Crippen LogP contribution is -2.40. The van der Waals surface area contributed by atoms with Crippen molar-refractivity contribution < 1.29 is 13.9 Å². The molecule has 0 aliphatic heterocycles. The van der Waals surface area contributed by atoms with Crippen molar-refractivity contribution in [2.45, 2.75) is 45.2 Å². The standard InChI is InChI=1S/C18H23N3O3/c1-12-16(11-19-18(22)20-14-5-3-4-6-14)21-17(24-12)13-7-9-15(23-2)10-8-13/h7-10,14H,3-6,11H2,1-2H3,(H2,19,20,22). The van der Waals surface area contributed by atoms with Crippen molar-refractivity contribution in [1.29, 1.82) is 0 Å². The molecule has 128 valence electrons. The summed E-state index contributed by atoms with van der Waals surface area (Å²) in [6.45, 7) is 2.20. The first-order chi connectivity index (χ1) is 11.7. The van der Waals surface area contributed by atoms with Crippen LogP contribution in [0.3, 0.4) is 0 Å². The Morgan fingerprint density at radius 2 is 2.00 bits per heavy atom. The van der Waals surface area contributed by atoms with Gasteiger partial charge in [-0.3, -0.25) is 0 Å². The van der Waals surface area contributed by atoms with Gasteiger partial charge in [0.15, 0.2) is 0 Å². The van der Waals surface area contributed by atoms with E-state index in [-0.39, 0.29) is 6.03 Å². The van der Waals surface area contributed by atoms with E-state index in [1.54, 1.807) is 7.11 Å². The second-order valence-corrected chi connectivity index (χ2v) is 6.06. The van der Waals surface area contributed by atoms with Crippen molar-refractivity contribution >= 4 is 6.03 Å². The molecular formula is C18H23N3O3. The third kappa shape index (κ3) is 3.88. The molecule has 1 aromatic carbocycles. The lowest BCUT2D eigenvalue weighted by Gasteiger charge is -2.12. The van der Waals surface area contributed by atoms with Gasteiger partial charge in [0.2, 0.25) is 5.89 Å². The van der Waals surface area contributed by atoms with E-state index < -0.39 is 0 Å². The molecule has 1 aromatic heterocycles. The Balaban J connectivity index is 1.59. The number of carbonyl (C=O) groups excluding carboxylic acids is 1. The molecule has 0 bridgehead atoms. The number of carbonyl (C=O) groups is 1. The predicted molar refractivity (Wildman–Crippen MR) is 90.9 cm³/mol. The summed E-state index contributed by atoms with van der Waals surface area (Å²) >= 11 is 0. The number of ether oxygens (including phenoxy) is 1. The van der Waals surface area contributed by atoms with E-state index >= 15 is 0 Å². The van der Waals surface area contributed by atoms with Crippen LogP contribution in [-0.2, 0) is 6.54 Å². The summed E-state index contributed by atoms with van der Waals surface area (Å²) in [6.07, 6.45) is 4.52. The fraction of sp³-hybridized carbons (Fsp3) is 0.444. The summed E-state index contributed by atoms with van der Waals surface area (Å²) in [5, 5.41) is 5.85. The molecule has 0 spiro atoms. The summed E-state index contributed by atoms with van der Waals surface area (Å²) in [5.74, 6) is 2.04. The molecule has 1 fully saturated rings. The molecule has 2 amide bonds. The average Bonchev–Trinajstić information content (AvgIpc) is 3.23. The Bertz CT molecular complexity index is 688. The molecule has 1 aliphatic carbocycles. The number of hydrogen-bond donors (Lipinski definition) is 2. The van der Waals surface area contributed by atoms with Crippen LogP contribution in [0, 0.1) is 6.92 Å². The highest BCUT2D eigenvalue weighted by atomic mass is 16.5. The molecule has 0 atom stereocenters. The van der Waals surface area contributed by atoms with E-state index in [9.17, 15) is 4.79 Å². The molecular weight excluding hydrogens is 306 g/mol. The van der Waals surface area contributed by atoms with Crippen molar-refractivity contribution in [1.82, 2.24) is 15.6 Å². The fourth-order valence-corrected chi connectivity index (χ4v) is 2.92. The summed E-state index contributed by atoms with van der Waals surface area (Å²) < 4.78 is 10.9. The maximum Gasteiger partial charge on any atom is 0.315 e. The Hall–Kier alpha value is -2.50. The molecule has 24 heavy (non-hydrogen) atoms. The van der Waals surface area contributed by atoms with Gasteiger partial charge < -0.3 is 19.8 Å².